The summed E-state index contributed by atoms with van der Waals surface area (Å²) < 4.78 is 0. The van der Waals surface area contributed by atoms with Gasteiger partial charge in [-0.05, 0) is 16.7 Å². The smallest absolute Gasteiger partial charge is 1.00 e. The summed E-state index contributed by atoms with van der Waals surface area (Å²) in [6.45, 7) is 0. The van der Waals surface area contributed by atoms with Crippen molar-refractivity contribution < 1.29 is 56.1 Å². The van der Waals surface area contributed by atoms with Gasteiger partial charge < -0.3 is 4.70 Å². The van der Waals surface area contributed by atoms with E-state index >= 15 is 0 Å². The summed E-state index contributed by atoms with van der Waals surface area (Å²) in [7, 11) is 0. The fourth-order valence-electron chi connectivity index (χ4n) is 2.51. The van der Waals surface area contributed by atoms with Gasteiger partial charge in [-0.2, -0.15) is 0 Å². The van der Waals surface area contributed by atoms with Crippen LogP contribution in [0, 0.1) is 0 Å². The van der Waals surface area contributed by atoms with Crippen LogP contribution in [0.4, 0.5) is 0 Å². The molecule has 0 aliphatic heterocycles. The number of rotatable bonds is 3. The van der Waals surface area contributed by atoms with Gasteiger partial charge in [0.1, 0.15) is 0 Å². The second-order valence-corrected chi connectivity index (χ2v) is 4.67. The molecule has 0 atom stereocenters. The van der Waals surface area contributed by atoms with Gasteiger partial charge in [0.25, 0.3) is 0 Å². The molecule has 0 N–H and O–H groups in total. The fraction of sp³-hybridized carbons (Fsp3) is 0.0526. The average molecular weight is 302 g/mol. The normalized spacial score (nSPS) is 9.57. The summed E-state index contributed by atoms with van der Waals surface area (Å²) in [5.41, 5.74) is 4.00. The van der Waals surface area contributed by atoms with Gasteiger partial charge in [-0.3, -0.25) is 0 Å². The molecule has 0 radical (unpaired) electrons. The molecule has 3 aromatic rings. The molecule has 0 amide bonds. The van der Waals surface area contributed by atoms with Crippen LogP contribution in [-0.4, -0.2) is 0 Å². The van der Waals surface area contributed by atoms with Crippen LogP contribution in [0.3, 0.4) is 0 Å². The molecular formula is C19H16FK. The van der Waals surface area contributed by atoms with Crippen LogP contribution in [0.15, 0.2) is 91.0 Å². The monoisotopic (exact) mass is 302 g/mol. The molecule has 0 saturated carbocycles. The van der Waals surface area contributed by atoms with E-state index in [0.29, 0.717) is 5.92 Å². The van der Waals surface area contributed by atoms with Crippen LogP contribution in [0.25, 0.3) is 0 Å². The topological polar surface area (TPSA) is 0 Å². The third-order valence-electron chi connectivity index (χ3n) is 3.40. The zero-order valence-electron chi connectivity index (χ0n) is 12.1. The molecule has 0 spiro atoms. The van der Waals surface area contributed by atoms with Crippen LogP contribution >= 0.6 is 0 Å². The summed E-state index contributed by atoms with van der Waals surface area (Å²) >= 11 is 0. The van der Waals surface area contributed by atoms with Crippen molar-refractivity contribution in [2.45, 2.75) is 5.92 Å². The third kappa shape index (κ3) is 4.60. The van der Waals surface area contributed by atoms with Crippen molar-refractivity contribution in [3.63, 3.8) is 0 Å². The Bertz CT molecular complexity index is 530. The molecule has 0 aromatic heterocycles. The molecule has 0 aliphatic carbocycles. The van der Waals surface area contributed by atoms with E-state index < -0.39 is 0 Å². The quantitative estimate of drug-likeness (QED) is 0.424. The fourth-order valence-corrected chi connectivity index (χ4v) is 2.51. The Hall–Kier alpha value is -0.774. The Morgan fingerprint density at radius 1 is 0.429 bits per heavy atom. The molecule has 100 valence electrons. The van der Waals surface area contributed by atoms with Gasteiger partial charge in [-0.1, -0.05) is 91.0 Å². The SMILES string of the molecule is [F-].[K+].c1ccc(C(c2ccccc2)c2ccccc2)cc1. The summed E-state index contributed by atoms with van der Waals surface area (Å²) in [6.07, 6.45) is 0. The van der Waals surface area contributed by atoms with E-state index in [1.165, 1.54) is 16.7 Å². The second-order valence-electron chi connectivity index (χ2n) is 4.67. The largest absolute Gasteiger partial charge is 1.00 e. The zero-order valence-corrected chi connectivity index (χ0v) is 15.2. The first kappa shape index (κ1) is 18.3. The molecule has 21 heavy (non-hydrogen) atoms. The molecule has 3 aromatic carbocycles. The average Bonchev–Trinajstić information content (AvgIpc) is 2.51. The first-order chi connectivity index (χ1) is 9.45. The predicted octanol–water partition coefficient (Wildman–Crippen LogP) is -1.13. The van der Waals surface area contributed by atoms with E-state index in [1.807, 2.05) is 0 Å². The maximum atomic E-state index is 2.20. The van der Waals surface area contributed by atoms with E-state index in [1.54, 1.807) is 0 Å². The summed E-state index contributed by atoms with van der Waals surface area (Å²) in [6, 6.07) is 32.0. The zero-order chi connectivity index (χ0) is 12.9. The Labute approximate surface area is 168 Å². The van der Waals surface area contributed by atoms with Crippen LogP contribution in [0.5, 0.6) is 0 Å². The Balaban J connectivity index is 0.00000110. The van der Waals surface area contributed by atoms with Crippen molar-refractivity contribution in [3.8, 4) is 0 Å². The maximum absolute atomic E-state index is 2.20. The Morgan fingerprint density at radius 2 is 0.667 bits per heavy atom. The minimum Gasteiger partial charge on any atom is -1.00 e. The molecule has 3 rings (SSSR count). The number of hydrogen-bond acceptors (Lipinski definition) is 0. The molecular weight excluding hydrogens is 286 g/mol. The first-order valence-electron chi connectivity index (χ1n) is 6.60. The van der Waals surface area contributed by atoms with Crippen LogP contribution in [-0.2, 0) is 0 Å². The maximum Gasteiger partial charge on any atom is 1.00 e. The van der Waals surface area contributed by atoms with E-state index in [4.69, 9.17) is 0 Å². The predicted molar refractivity (Wildman–Crippen MR) is 80.3 cm³/mol. The van der Waals surface area contributed by atoms with Crippen molar-refractivity contribution >= 4 is 0 Å². The first-order valence-corrected chi connectivity index (χ1v) is 6.60. The van der Waals surface area contributed by atoms with E-state index in [2.05, 4.69) is 91.0 Å². The van der Waals surface area contributed by atoms with Gasteiger partial charge in [0.15, 0.2) is 0 Å². The van der Waals surface area contributed by atoms with Gasteiger partial charge in [-0.25, -0.2) is 0 Å². The summed E-state index contributed by atoms with van der Waals surface area (Å²) in [5, 5.41) is 0. The minimum atomic E-state index is 0. The number of halogens is 1. The van der Waals surface area contributed by atoms with Crippen LogP contribution in [0.1, 0.15) is 22.6 Å². The van der Waals surface area contributed by atoms with Crippen LogP contribution < -0.4 is 56.1 Å². The second kappa shape index (κ2) is 9.29. The molecule has 0 nitrogen and oxygen atoms in total. The van der Waals surface area contributed by atoms with Crippen molar-refractivity contribution in [3.05, 3.63) is 108 Å². The standard InChI is InChI=1S/C19H16.FH.K/c1-4-10-16(11-5-1)19(17-12-6-2-7-13-17)18-14-8-3-9-15-18;;/h1-15,19H;1H;/q;;+1/p-1. The molecule has 0 aliphatic rings. The van der Waals surface area contributed by atoms with Crippen molar-refractivity contribution in [2.24, 2.45) is 0 Å². The Kier molecular flexibility index (Phi) is 8.08. The van der Waals surface area contributed by atoms with E-state index in [-0.39, 0.29) is 56.1 Å². The molecule has 2 heteroatoms. The van der Waals surface area contributed by atoms with Gasteiger partial charge in [0, 0.05) is 5.92 Å². The van der Waals surface area contributed by atoms with Crippen molar-refractivity contribution in [2.75, 3.05) is 0 Å². The molecule has 0 unspecified atom stereocenters. The van der Waals surface area contributed by atoms with Gasteiger partial charge in [-0.15, -0.1) is 0 Å². The van der Waals surface area contributed by atoms with Crippen molar-refractivity contribution in [1.82, 2.24) is 0 Å². The van der Waals surface area contributed by atoms with E-state index in [0.717, 1.165) is 0 Å². The molecule has 0 bridgehead atoms. The van der Waals surface area contributed by atoms with Crippen LogP contribution in [0.2, 0.25) is 0 Å². The summed E-state index contributed by atoms with van der Waals surface area (Å²) in [4.78, 5) is 0. The summed E-state index contributed by atoms with van der Waals surface area (Å²) in [5.74, 6) is 0.309. The van der Waals surface area contributed by atoms with E-state index in [9.17, 15) is 0 Å². The van der Waals surface area contributed by atoms with Gasteiger partial charge in [0.05, 0.1) is 0 Å². The van der Waals surface area contributed by atoms with Crippen molar-refractivity contribution in [1.29, 1.82) is 0 Å². The number of benzene rings is 3. The third-order valence-corrected chi connectivity index (χ3v) is 3.40. The van der Waals surface area contributed by atoms with Gasteiger partial charge in [0.2, 0.25) is 0 Å². The molecule has 0 heterocycles. The Morgan fingerprint density at radius 3 is 0.905 bits per heavy atom. The number of hydrogen-bond donors (Lipinski definition) is 0. The molecule has 0 fully saturated rings. The molecule has 0 saturated heterocycles. The minimum absolute atomic E-state index is 0. The van der Waals surface area contributed by atoms with Gasteiger partial charge >= 0.3 is 51.4 Å².